The first-order chi connectivity index (χ1) is 5.68. The molecule has 2 atom stereocenters. The van der Waals surface area contributed by atoms with E-state index in [9.17, 15) is 0 Å². The van der Waals surface area contributed by atoms with Gasteiger partial charge in [-0.25, -0.2) is 0 Å². The Morgan fingerprint density at radius 3 is 2.75 bits per heavy atom. The topological polar surface area (TPSA) is 12.0 Å². The van der Waals surface area contributed by atoms with E-state index in [0.29, 0.717) is 12.0 Å². The quantitative estimate of drug-likeness (QED) is 0.617. The zero-order valence-corrected chi connectivity index (χ0v) is 7.89. The number of hydrogen-bond acceptors (Lipinski definition) is 1. The molecule has 0 fully saturated rings. The lowest BCUT2D eigenvalue weighted by Crippen LogP contribution is -2.12. The van der Waals surface area contributed by atoms with Gasteiger partial charge in [-0.3, -0.25) is 0 Å². The molecule has 64 valence electrons. The molecule has 1 heterocycles. The molecule has 1 unspecified atom stereocenters. The standard InChI is InChI=1S/C11H15N/c1-7-4-5-11-10(6-7)8(2)9(3)12-11/h4-6,8-9,12H,1-3H3/t8-,9?/m0/s1. The van der Waals surface area contributed by atoms with Gasteiger partial charge >= 0.3 is 0 Å². The van der Waals surface area contributed by atoms with Crippen molar-refractivity contribution in [1.29, 1.82) is 0 Å². The zero-order valence-electron chi connectivity index (χ0n) is 7.89. The van der Waals surface area contributed by atoms with Crippen LogP contribution in [0.2, 0.25) is 0 Å². The van der Waals surface area contributed by atoms with Crippen molar-refractivity contribution in [3.05, 3.63) is 29.3 Å². The van der Waals surface area contributed by atoms with Crippen molar-refractivity contribution in [3.8, 4) is 0 Å². The third-order valence-electron chi connectivity index (χ3n) is 2.83. The molecule has 1 nitrogen and oxygen atoms in total. The van der Waals surface area contributed by atoms with E-state index in [1.807, 2.05) is 0 Å². The molecule has 0 aliphatic carbocycles. The molecular weight excluding hydrogens is 146 g/mol. The molecule has 0 amide bonds. The summed E-state index contributed by atoms with van der Waals surface area (Å²) in [6.07, 6.45) is 0. The second-order valence-electron chi connectivity index (χ2n) is 3.81. The Morgan fingerprint density at radius 1 is 1.25 bits per heavy atom. The van der Waals surface area contributed by atoms with E-state index in [4.69, 9.17) is 0 Å². The van der Waals surface area contributed by atoms with Gasteiger partial charge in [-0.15, -0.1) is 0 Å². The minimum absolute atomic E-state index is 0.585. The summed E-state index contributed by atoms with van der Waals surface area (Å²) in [5.41, 5.74) is 4.15. The van der Waals surface area contributed by atoms with Crippen LogP contribution < -0.4 is 5.32 Å². The average molecular weight is 161 g/mol. The summed E-state index contributed by atoms with van der Waals surface area (Å²) in [4.78, 5) is 0. The van der Waals surface area contributed by atoms with E-state index in [2.05, 4.69) is 44.3 Å². The minimum atomic E-state index is 0.585. The van der Waals surface area contributed by atoms with Crippen LogP contribution in [0.1, 0.15) is 30.9 Å². The number of anilines is 1. The molecule has 0 bridgehead atoms. The second-order valence-corrected chi connectivity index (χ2v) is 3.81. The number of rotatable bonds is 0. The molecular formula is C11H15N. The SMILES string of the molecule is Cc1ccc2c(c1)[C@@H](C)C(C)N2. The Bertz CT molecular complexity index is 304. The molecule has 1 N–H and O–H groups in total. The van der Waals surface area contributed by atoms with E-state index < -0.39 is 0 Å². The number of fused-ring (bicyclic) bond motifs is 1. The molecule has 1 aliphatic rings. The van der Waals surface area contributed by atoms with E-state index in [-0.39, 0.29) is 0 Å². The predicted octanol–water partition coefficient (Wildman–Crippen LogP) is 2.91. The van der Waals surface area contributed by atoms with Gasteiger partial charge in [0.25, 0.3) is 0 Å². The van der Waals surface area contributed by atoms with E-state index in [0.717, 1.165) is 0 Å². The lowest BCUT2D eigenvalue weighted by molar-refractivity contribution is 0.690. The lowest BCUT2D eigenvalue weighted by Gasteiger charge is -2.08. The molecule has 1 aromatic rings. The van der Waals surface area contributed by atoms with Gasteiger partial charge in [0.1, 0.15) is 0 Å². The zero-order chi connectivity index (χ0) is 8.72. The van der Waals surface area contributed by atoms with Crippen LogP contribution >= 0.6 is 0 Å². The summed E-state index contributed by atoms with van der Waals surface area (Å²) >= 11 is 0. The maximum atomic E-state index is 3.47. The predicted molar refractivity (Wildman–Crippen MR) is 52.7 cm³/mol. The monoisotopic (exact) mass is 161 g/mol. The molecule has 0 spiro atoms. The van der Waals surface area contributed by atoms with Crippen molar-refractivity contribution in [3.63, 3.8) is 0 Å². The minimum Gasteiger partial charge on any atom is -0.382 e. The number of hydrogen-bond donors (Lipinski definition) is 1. The van der Waals surface area contributed by atoms with Crippen LogP contribution in [-0.2, 0) is 0 Å². The summed E-state index contributed by atoms with van der Waals surface area (Å²) in [5.74, 6) is 0.653. The van der Waals surface area contributed by atoms with Crippen molar-refractivity contribution >= 4 is 5.69 Å². The summed E-state index contributed by atoms with van der Waals surface area (Å²) in [5, 5.41) is 3.47. The van der Waals surface area contributed by atoms with Crippen molar-refractivity contribution in [2.75, 3.05) is 5.32 Å². The van der Waals surface area contributed by atoms with E-state index >= 15 is 0 Å². The Kier molecular flexibility index (Phi) is 1.60. The maximum absolute atomic E-state index is 3.47. The first-order valence-corrected chi connectivity index (χ1v) is 4.55. The van der Waals surface area contributed by atoms with E-state index in [1.165, 1.54) is 16.8 Å². The van der Waals surface area contributed by atoms with Gasteiger partial charge in [0.05, 0.1) is 0 Å². The lowest BCUT2D eigenvalue weighted by atomic mass is 9.97. The normalized spacial score (nSPS) is 26.6. The summed E-state index contributed by atoms with van der Waals surface area (Å²) in [6.45, 7) is 6.67. The van der Waals surface area contributed by atoms with Gasteiger partial charge in [-0.2, -0.15) is 0 Å². The molecule has 0 aromatic heterocycles. The average Bonchev–Trinajstić information content (AvgIpc) is 2.31. The van der Waals surface area contributed by atoms with Crippen LogP contribution in [0.4, 0.5) is 5.69 Å². The second kappa shape index (κ2) is 2.51. The first kappa shape index (κ1) is 7.66. The Hall–Kier alpha value is -0.980. The fourth-order valence-corrected chi connectivity index (χ4v) is 1.83. The van der Waals surface area contributed by atoms with Gasteiger partial charge in [0.2, 0.25) is 0 Å². The highest BCUT2D eigenvalue weighted by molar-refractivity contribution is 5.59. The van der Waals surface area contributed by atoms with Gasteiger partial charge in [0.15, 0.2) is 0 Å². The highest BCUT2D eigenvalue weighted by atomic mass is 15.0. The smallest absolute Gasteiger partial charge is 0.0378 e. The third-order valence-corrected chi connectivity index (χ3v) is 2.83. The van der Waals surface area contributed by atoms with Crippen LogP contribution in [0.25, 0.3) is 0 Å². The largest absolute Gasteiger partial charge is 0.382 e. The highest BCUT2D eigenvalue weighted by Crippen LogP contribution is 2.35. The van der Waals surface area contributed by atoms with Crippen LogP contribution in [0, 0.1) is 6.92 Å². The molecule has 1 aliphatic heterocycles. The Balaban J connectivity index is 2.48. The van der Waals surface area contributed by atoms with Gasteiger partial charge < -0.3 is 5.32 Å². The summed E-state index contributed by atoms with van der Waals surface area (Å²) < 4.78 is 0. The van der Waals surface area contributed by atoms with E-state index in [1.54, 1.807) is 0 Å². The fraction of sp³-hybridized carbons (Fsp3) is 0.455. The third kappa shape index (κ3) is 1.01. The van der Waals surface area contributed by atoms with Crippen LogP contribution in [0.15, 0.2) is 18.2 Å². The number of aryl methyl sites for hydroxylation is 1. The molecule has 12 heavy (non-hydrogen) atoms. The van der Waals surface area contributed by atoms with Crippen molar-refractivity contribution in [2.24, 2.45) is 0 Å². The molecule has 0 radical (unpaired) electrons. The molecule has 0 saturated heterocycles. The molecule has 1 heteroatoms. The van der Waals surface area contributed by atoms with Gasteiger partial charge in [-0.1, -0.05) is 24.6 Å². The van der Waals surface area contributed by atoms with Gasteiger partial charge in [-0.05, 0) is 25.5 Å². The van der Waals surface area contributed by atoms with Crippen molar-refractivity contribution in [1.82, 2.24) is 0 Å². The fourth-order valence-electron chi connectivity index (χ4n) is 1.83. The molecule has 0 saturated carbocycles. The maximum Gasteiger partial charge on any atom is 0.0378 e. The summed E-state index contributed by atoms with van der Waals surface area (Å²) in [7, 11) is 0. The Morgan fingerprint density at radius 2 is 2.00 bits per heavy atom. The first-order valence-electron chi connectivity index (χ1n) is 4.55. The Labute approximate surface area is 73.8 Å². The summed E-state index contributed by atoms with van der Waals surface area (Å²) in [6, 6.07) is 7.22. The van der Waals surface area contributed by atoms with Crippen LogP contribution in [0.5, 0.6) is 0 Å². The number of nitrogens with one attached hydrogen (secondary N) is 1. The van der Waals surface area contributed by atoms with Crippen LogP contribution in [-0.4, -0.2) is 6.04 Å². The van der Waals surface area contributed by atoms with Crippen molar-refractivity contribution in [2.45, 2.75) is 32.7 Å². The van der Waals surface area contributed by atoms with Crippen molar-refractivity contribution < 1.29 is 0 Å². The van der Waals surface area contributed by atoms with Crippen LogP contribution in [0.3, 0.4) is 0 Å². The highest BCUT2D eigenvalue weighted by Gasteiger charge is 2.24. The molecule has 1 aromatic carbocycles. The van der Waals surface area contributed by atoms with Gasteiger partial charge in [0, 0.05) is 17.6 Å². The number of benzene rings is 1. The molecule has 2 rings (SSSR count).